The van der Waals surface area contributed by atoms with Gasteiger partial charge in [-0.25, -0.2) is 17.9 Å². The molecule has 7 nitrogen and oxygen atoms in total. The summed E-state index contributed by atoms with van der Waals surface area (Å²) in [5, 5.41) is 8.82. The van der Waals surface area contributed by atoms with Crippen molar-refractivity contribution >= 4 is 27.6 Å². The largest absolute Gasteiger partial charge is 0.480 e. The third kappa shape index (κ3) is 4.65. The minimum Gasteiger partial charge on any atom is -0.480 e. The minimum absolute atomic E-state index is 0.0187. The van der Waals surface area contributed by atoms with E-state index in [-0.39, 0.29) is 16.5 Å². The Morgan fingerprint density at radius 1 is 1.52 bits per heavy atom. The smallest absolute Gasteiger partial charge is 0.329 e. The molecule has 1 aromatic rings. The van der Waals surface area contributed by atoms with Crippen LogP contribution < -0.4 is 4.72 Å². The second-order valence-electron chi connectivity index (χ2n) is 5.22. The van der Waals surface area contributed by atoms with Crippen molar-refractivity contribution in [2.75, 3.05) is 19.8 Å². The highest BCUT2D eigenvalue weighted by atomic mass is 35.5. The van der Waals surface area contributed by atoms with Crippen molar-refractivity contribution in [3.8, 4) is 0 Å². The number of hydrogen-bond acceptors (Lipinski definition) is 5. The number of halogens is 1. The number of carboxylic acid groups (broad SMARTS) is 1. The van der Waals surface area contributed by atoms with E-state index in [1.807, 2.05) is 0 Å². The van der Waals surface area contributed by atoms with Crippen molar-refractivity contribution in [2.45, 2.75) is 30.4 Å². The van der Waals surface area contributed by atoms with Crippen molar-refractivity contribution in [3.05, 3.63) is 28.8 Å². The molecule has 1 aliphatic rings. The number of nitrogens with one attached hydrogen (secondary N) is 1. The van der Waals surface area contributed by atoms with Gasteiger partial charge in [0.1, 0.15) is 11.5 Å². The van der Waals surface area contributed by atoms with Gasteiger partial charge in [0, 0.05) is 6.61 Å². The minimum atomic E-state index is -3.86. The maximum absolute atomic E-state index is 12.6. The molecule has 1 saturated heterocycles. The van der Waals surface area contributed by atoms with Crippen LogP contribution in [0.1, 0.15) is 12.0 Å². The normalized spacial score (nSPS) is 22.0. The Hall–Kier alpha value is -1.19. The van der Waals surface area contributed by atoms with Crippen LogP contribution >= 0.6 is 11.6 Å². The van der Waals surface area contributed by atoms with Crippen molar-refractivity contribution in [1.29, 1.82) is 0 Å². The molecule has 0 aromatic heterocycles. The fourth-order valence-electron chi connectivity index (χ4n) is 2.40. The lowest BCUT2D eigenvalue weighted by Crippen LogP contribution is -2.50. The molecule has 0 aliphatic carbocycles. The van der Waals surface area contributed by atoms with E-state index in [1.165, 1.54) is 6.07 Å². The molecule has 1 fully saturated rings. The summed E-state index contributed by atoms with van der Waals surface area (Å²) in [7, 11) is -3.86. The zero-order valence-corrected chi connectivity index (χ0v) is 14.1. The third-order valence-corrected chi connectivity index (χ3v) is 5.58. The van der Waals surface area contributed by atoms with E-state index >= 15 is 0 Å². The van der Waals surface area contributed by atoms with Gasteiger partial charge in [-0.05, 0) is 25.0 Å². The van der Waals surface area contributed by atoms with Crippen LogP contribution in [0.5, 0.6) is 0 Å². The summed E-state index contributed by atoms with van der Waals surface area (Å²) in [5.41, 5.74) is 0.528. The number of aliphatic carboxylic acids is 1. The number of rotatable bonds is 6. The van der Waals surface area contributed by atoms with Crippen LogP contribution in [0.25, 0.3) is 0 Å². The SMILES string of the molecule is Cc1cccc(Cl)c1S(=O)(=O)N[C@@H]1CCOC[C@H]1OCC(=O)O. The number of carbonyl (C=O) groups is 1. The first-order valence-electron chi connectivity index (χ1n) is 7.00. The lowest BCUT2D eigenvalue weighted by Gasteiger charge is -2.31. The number of benzene rings is 1. The lowest BCUT2D eigenvalue weighted by molar-refractivity contribution is -0.148. The maximum atomic E-state index is 12.6. The molecule has 0 saturated carbocycles. The zero-order chi connectivity index (χ0) is 17.0. The molecule has 0 spiro atoms. The average molecular weight is 364 g/mol. The summed E-state index contributed by atoms with van der Waals surface area (Å²) in [6, 6.07) is 4.25. The fraction of sp³-hybridized carbons (Fsp3) is 0.500. The Bertz CT molecular complexity index is 658. The van der Waals surface area contributed by atoms with Gasteiger partial charge >= 0.3 is 5.97 Å². The highest BCUT2D eigenvalue weighted by Gasteiger charge is 2.32. The quantitative estimate of drug-likeness (QED) is 0.787. The molecule has 2 atom stereocenters. The van der Waals surface area contributed by atoms with Gasteiger partial charge in [-0.15, -0.1) is 0 Å². The van der Waals surface area contributed by atoms with E-state index < -0.39 is 34.7 Å². The average Bonchev–Trinajstić information content (AvgIpc) is 2.45. The lowest BCUT2D eigenvalue weighted by atomic mass is 10.1. The van der Waals surface area contributed by atoms with Gasteiger partial charge in [0.25, 0.3) is 0 Å². The molecule has 1 heterocycles. The summed E-state index contributed by atoms with van der Waals surface area (Å²) >= 11 is 6.02. The molecule has 2 rings (SSSR count). The van der Waals surface area contributed by atoms with Crippen LogP contribution in [0, 0.1) is 6.92 Å². The summed E-state index contributed by atoms with van der Waals surface area (Å²) < 4.78 is 38.2. The van der Waals surface area contributed by atoms with Gasteiger partial charge in [0.15, 0.2) is 0 Å². The molecule has 0 bridgehead atoms. The van der Waals surface area contributed by atoms with Crippen molar-refractivity contribution in [2.24, 2.45) is 0 Å². The van der Waals surface area contributed by atoms with Gasteiger partial charge in [-0.3, -0.25) is 0 Å². The fourth-order valence-corrected chi connectivity index (χ4v) is 4.53. The molecule has 2 N–H and O–H groups in total. The molecular weight excluding hydrogens is 346 g/mol. The molecular formula is C14H18ClNO6S. The Kier molecular flexibility index (Phi) is 5.99. The van der Waals surface area contributed by atoms with Crippen LogP contribution in [0.2, 0.25) is 5.02 Å². The molecule has 9 heteroatoms. The highest BCUT2D eigenvalue weighted by Crippen LogP contribution is 2.25. The van der Waals surface area contributed by atoms with Gasteiger partial charge in [-0.1, -0.05) is 23.7 Å². The third-order valence-electron chi connectivity index (χ3n) is 3.46. The number of hydrogen-bond donors (Lipinski definition) is 2. The summed E-state index contributed by atoms with van der Waals surface area (Å²) in [6.07, 6.45) is -0.287. The maximum Gasteiger partial charge on any atom is 0.329 e. The summed E-state index contributed by atoms with van der Waals surface area (Å²) in [4.78, 5) is 10.6. The Morgan fingerprint density at radius 3 is 2.91 bits per heavy atom. The first-order valence-corrected chi connectivity index (χ1v) is 8.86. The number of aryl methyl sites for hydroxylation is 1. The Labute approximate surface area is 139 Å². The predicted octanol–water partition coefficient (Wildman–Crippen LogP) is 1.19. The van der Waals surface area contributed by atoms with Crippen molar-refractivity contribution in [3.63, 3.8) is 0 Å². The first kappa shape index (κ1) is 18.2. The predicted molar refractivity (Wildman–Crippen MR) is 83.1 cm³/mol. The molecule has 0 radical (unpaired) electrons. The van der Waals surface area contributed by atoms with Crippen LogP contribution in [0.4, 0.5) is 0 Å². The molecule has 128 valence electrons. The van der Waals surface area contributed by atoms with Crippen molar-refractivity contribution < 1.29 is 27.8 Å². The number of sulfonamides is 1. The van der Waals surface area contributed by atoms with Gasteiger partial charge in [0.05, 0.1) is 23.8 Å². The summed E-state index contributed by atoms with van der Waals surface area (Å²) in [5.74, 6) is -1.13. The van der Waals surface area contributed by atoms with Gasteiger partial charge < -0.3 is 14.6 Å². The Balaban J connectivity index is 2.19. The molecule has 1 aliphatic heterocycles. The van der Waals surface area contributed by atoms with Crippen molar-refractivity contribution in [1.82, 2.24) is 4.72 Å². The monoisotopic (exact) mass is 363 g/mol. The highest BCUT2D eigenvalue weighted by molar-refractivity contribution is 7.89. The first-order chi connectivity index (χ1) is 10.8. The van der Waals surface area contributed by atoms with E-state index in [9.17, 15) is 13.2 Å². The number of carboxylic acids is 1. The van der Waals surface area contributed by atoms with E-state index in [2.05, 4.69) is 4.72 Å². The van der Waals surface area contributed by atoms with Crippen LogP contribution in [0.3, 0.4) is 0 Å². The van der Waals surface area contributed by atoms with Gasteiger partial charge in [0.2, 0.25) is 10.0 Å². The topological polar surface area (TPSA) is 102 Å². The van der Waals surface area contributed by atoms with Crippen LogP contribution in [-0.4, -0.2) is 51.5 Å². The Morgan fingerprint density at radius 2 is 2.26 bits per heavy atom. The van der Waals surface area contributed by atoms with Gasteiger partial charge in [-0.2, -0.15) is 0 Å². The van der Waals surface area contributed by atoms with E-state index in [0.717, 1.165) is 0 Å². The van der Waals surface area contributed by atoms with Crippen LogP contribution in [-0.2, 0) is 24.3 Å². The number of ether oxygens (including phenoxy) is 2. The van der Waals surface area contributed by atoms with E-state index in [1.54, 1.807) is 19.1 Å². The summed E-state index contributed by atoms with van der Waals surface area (Å²) in [6.45, 7) is 1.63. The zero-order valence-electron chi connectivity index (χ0n) is 12.5. The second-order valence-corrected chi connectivity index (χ2v) is 7.28. The molecule has 0 unspecified atom stereocenters. The van der Waals surface area contributed by atoms with E-state index in [0.29, 0.717) is 18.6 Å². The van der Waals surface area contributed by atoms with E-state index in [4.69, 9.17) is 26.2 Å². The van der Waals surface area contributed by atoms with Crippen LogP contribution in [0.15, 0.2) is 23.1 Å². The standard InChI is InChI=1S/C14H18ClNO6S/c1-9-3-2-4-10(15)14(9)23(19,20)16-11-5-6-21-7-12(11)22-8-13(17)18/h2-4,11-12,16H,5-8H2,1H3,(H,17,18)/t11-,12-/m1/s1. The molecule has 23 heavy (non-hydrogen) atoms. The second kappa shape index (κ2) is 7.59. The molecule has 0 amide bonds. The molecule has 1 aromatic carbocycles.